The van der Waals surface area contributed by atoms with Gasteiger partial charge in [0.2, 0.25) is 0 Å². The van der Waals surface area contributed by atoms with Crippen LogP contribution in [0.3, 0.4) is 0 Å². The molecule has 1 aromatic heterocycles. The van der Waals surface area contributed by atoms with Gasteiger partial charge in [0.25, 0.3) is 5.91 Å². The molecule has 2 saturated heterocycles. The van der Waals surface area contributed by atoms with Gasteiger partial charge in [0, 0.05) is 24.7 Å². The van der Waals surface area contributed by atoms with Crippen LogP contribution in [0.1, 0.15) is 29.6 Å². The minimum Gasteiger partial charge on any atom is -0.481 e. The number of likely N-dealkylation sites (tertiary alicyclic amines) is 1. The number of nitrogens with one attached hydrogen (secondary N) is 1. The summed E-state index contributed by atoms with van der Waals surface area (Å²) in [5.74, 6) is -1.06. The summed E-state index contributed by atoms with van der Waals surface area (Å²) in [4.78, 5) is 26.8. The number of rotatable bonds is 3. The van der Waals surface area contributed by atoms with Crippen molar-refractivity contribution < 1.29 is 19.2 Å². The zero-order valence-corrected chi connectivity index (χ0v) is 14.4. The average molecular weight is 355 g/mol. The molecule has 26 heavy (non-hydrogen) atoms. The van der Waals surface area contributed by atoms with Crippen molar-refractivity contribution in [2.45, 2.75) is 25.3 Å². The van der Waals surface area contributed by atoms with Gasteiger partial charge in [0.05, 0.1) is 0 Å². The molecule has 2 aromatic rings. The van der Waals surface area contributed by atoms with Gasteiger partial charge in [-0.3, -0.25) is 9.59 Å². The molecule has 0 bridgehead atoms. The first kappa shape index (κ1) is 16.8. The first-order valence-electron chi connectivity index (χ1n) is 8.88. The van der Waals surface area contributed by atoms with E-state index in [0.29, 0.717) is 30.6 Å². The van der Waals surface area contributed by atoms with Crippen LogP contribution in [0.25, 0.3) is 11.3 Å². The molecule has 2 N–H and O–H groups in total. The first-order chi connectivity index (χ1) is 12.6. The summed E-state index contributed by atoms with van der Waals surface area (Å²) in [6.07, 6.45) is 3.36. The quantitative estimate of drug-likeness (QED) is 0.874. The van der Waals surface area contributed by atoms with Crippen LogP contribution in [0.5, 0.6) is 0 Å². The van der Waals surface area contributed by atoms with E-state index in [2.05, 4.69) is 10.5 Å². The number of amides is 1. The summed E-state index contributed by atoms with van der Waals surface area (Å²) in [7, 11) is 0. The molecule has 0 unspecified atom stereocenters. The molecule has 4 rings (SSSR count). The predicted molar refractivity (Wildman–Crippen MR) is 93.6 cm³/mol. The molecule has 1 amide bonds. The number of carboxylic acids is 1. The highest BCUT2D eigenvalue weighted by Gasteiger charge is 2.51. The molecule has 1 aromatic carbocycles. The third-order valence-electron chi connectivity index (χ3n) is 5.58. The molecule has 0 spiro atoms. The van der Waals surface area contributed by atoms with Gasteiger partial charge in [0.15, 0.2) is 0 Å². The number of carbonyl (C=O) groups excluding carboxylic acids is 1. The minimum absolute atomic E-state index is 0.0890. The summed E-state index contributed by atoms with van der Waals surface area (Å²) >= 11 is 0. The van der Waals surface area contributed by atoms with Gasteiger partial charge in [-0.25, -0.2) is 0 Å². The lowest BCUT2D eigenvalue weighted by Crippen LogP contribution is -2.63. The van der Waals surface area contributed by atoms with Gasteiger partial charge in [-0.15, -0.1) is 0 Å². The van der Waals surface area contributed by atoms with Crippen LogP contribution in [0.2, 0.25) is 0 Å². The Kier molecular flexibility index (Phi) is 4.24. The number of piperidine rings is 2. The second kappa shape index (κ2) is 6.57. The second-order valence-electron chi connectivity index (χ2n) is 7.03. The summed E-state index contributed by atoms with van der Waals surface area (Å²) in [5, 5.41) is 17.2. The maximum atomic E-state index is 13.1. The van der Waals surface area contributed by atoms with E-state index in [1.165, 1.54) is 6.26 Å². The number of fused-ring (bicyclic) bond motifs is 1. The van der Waals surface area contributed by atoms with Crippen LogP contribution >= 0.6 is 0 Å². The Morgan fingerprint density at radius 3 is 2.88 bits per heavy atom. The van der Waals surface area contributed by atoms with Crippen LogP contribution in [0.15, 0.2) is 41.1 Å². The van der Waals surface area contributed by atoms with Crippen LogP contribution < -0.4 is 5.32 Å². The number of carbonyl (C=O) groups is 2. The molecule has 3 heterocycles. The van der Waals surface area contributed by atoms with Gasteiger partial charge in [-0.2, -0.15) is 0 Å². The second-order valence-corrected chi connectivity index (χ2v) is 7.03. The number of benzene rings is 1. The molecule has 0 radical (unpaired) electrons. The zero-order valence-electron chi connectivity index (χ0n) is 14.4. The molecule has 0 saturated carbocycles. The van der Waals surface area contributed by atoms with Crippen molar-refractivity contribution in [2.24, 2.45) is 5.41 Å². The highest BCUT2D eigenvalue weighted by molar-refractivity contribution is 6.00. The van der Waals surface area contributed by atoms with Crippen molar-refractivity contribution in [1.82, 2.24) is 15.4 Å². The summed E-state index contributed by atoms with van der Waals surface area (Å²) in [6, 6.07) is 9.28. The lowest BCUT2D eigenvalue weighted by molar-refractivity contribution is -0.156. The molecule has 2 aliphatic heterocycles. The fourth-order valence-corrected chi connectivity index (χ4v) is 4.18. The molecule has 7 nitrogen and oxygen atoms in total. The standard InChI is InChI=1S/C19H21N3O4/c23-17(14-11-26-21-16(14)13-5-2-1-3-6-13)22-10-7-15-19(12-22,18(24)25)8-4-9-20-15/h1-3,5-6,11,15,20H,4,7-10,12H2,(H,24,25)/t15-,19+/m1/s1. The van der Waals surface area contributed by atoms with Crippen molar-refractivity contribution >= 4 is 11.9 Å². The van der Waals surface area contributed by atoms with Crippen LogP contribution in [-0.2, 0) is 4.79 Å². The molecular formula is C19H21N3O4. The lowest BCUT2D eigenvalue weighted by atomic mass is 9.70. The molecule has 2 atom stereocenters. The van der Waals surface area contributed by atoms with E-state index in [1.807, 2.05) is 30.3 Å². The smallest absolute Gasteiger partial charge is 0.313 e. The van der Waals surface area contributed by atoms with Crippen molar-refractivity contribution in [1.29, 1.82) is 0 Å². The van der Waals surface area contributed by atoms with Crippen LogP contribution in [0.4, 0.5) is 0 Å². The highest BCUT2D eigenvalue weighted by atomic mass is 16.5. The number of nitrogens with zero attached hydrogens (tertiary/aromatic N) is 2. The normalized spacial score (nSPS) is 25.5. The number of hydrogen-bond donors (Lipinski definition) is 2. The summed E-state index contributed by atoms with van der Waals surface area (Å²) < 4.78 is 5.07. The van der Waals surface area contributed by atoms with Gasteiger partial charge in [-0.05, 0) is 25.8 Å². The Morgan fingerprint density at radius 2 is 2.12 bits per heavy atom. The predicted octanol–water partition coefficient (Wildman–Crippen LogP) is 2.01. The van der Waals surface area contributed by atoms with E-state index >= 15 is 0 Å². The van der Waals surface area contributed by atoms with Crippen molar-refractivity contribution in [2.75, 3.05) is 19.6 Å². The largest absolute Gasteiger partial charge is 0.481 e. The third-order valence-corrected chi connectivity index (χ3v) is 5.58. The van der Waals surface area contributed by atoms with Crippen molar-refractivity contribution in [3.05, 3.63) is 42.2 Å². The number of aliphatic carboxylic acids is 1. The summed E-state index contributed by atoms with van der Waals surface area (Å²) in [5.41, 5.74) is 0.741. The van der Waals surface area contributed by atoms with E-state index in [4.69, 9.17) is 4.52 Å². The SMILES string of the molecule is O=C(c1conc1-c1ccccc1)N1CC[C@H]2NCCC[C@]2(C(=O)O)C1. The molecule has 2 fully saturated rings. The van der Waals surface area contributed by atoms with Gasteiger partial charge >= 0.3 is 5.97 Å². The molecule has 7 heteroatoms. The lowest BCUT2D eigenvalue weighted by Gasteiger charge is -2.48. The number of carboxylic acid groups (broad SMARTS) is 1. The fraction of sp³-hybridized carbons (Fsp3) is 0.421. The van der Waals surface area contributed by atoms with E-state index in [0.717, 1.165) is 18.5 Å². The number of hydrogen-bond acceptors (Lipinski definition) is 5. The van der Waals surface area contributed by atoms with Gasteiger partial charge in [-0.1, -0.05) is 35.5 Å². The summed E-state index contributed by atoms with van der Waals surface area (Å²) in [6.45, 7) is 1.56. The molecule has 136 valence electrons. The van der Waals surface area contributed by atoms with E-state index in [9.17, 15) is 14.7 Å². The maximum Gasteiger partial charge on any atom is 0.313 e. The average Bonchev–Trinajstić information content (AvgIpc) is 3.17. The molecular weight excluding hydrogens is 334 g/mol. The van der Waals surface area contributed by atoms with Crippen molar-refractivity contribution in [3.8, 4) is 11.3 Å². The van der Waals surface area contributed by atoms with Crippen LogP contribution in [-0.4, -0.2) is 52.7 Å². The topological polar surface area (TPSA) is 95.7 Å². The molecule has 0 aliphatic carbocycles. The van der Waals surface area contributed by atoms with Gasteiger partial charge in [0.1, 0.15) is 22.9 Å². The Balaban J connectivity index is 1.62. The number of aromatic nitrogens is 1. The Bertz CT molecular complexity index is 819. The zero-order chi connectivity index (χ0) is 18.1. The van der Waals surface area contributed by atoms with E-state index < -0.39 is 11.4 Å². The first-order valence-corrected chi connectivity index (χ1v) is 8.88. The van der Waals surface area contributed by atoms with Crippen LogP contribution in [0, 0.1) is 5.41 Å². The van der Waals surface area contributed by atoms with Gasteiger partial charge < -0.3 is 19.8 Å². The fourth-order valence-electron chi connectivity index (χ4n) is 4.18. The van der Waals surface area contributed by atoms with E-state index in [-0.39, 0.29) is 18.5 Å². The Hall–Kier alpha value is -2.67. The third kappa shape index (κ3) is 2.68. The van der Waals surface area contributed by atoms with Crippen molar-refractivity contribution in [3.63, 3.8) is 0 Å². The minimum atomic E-state index is -0.920. The Labute approximate surface area is 151 Å². The molecule has 2 aliphatic rings. The monoisotopic (exact) mass is 355 g/mol. The van der Waals surface area contributed by atoms with E-state index in [1.54, 1.807) is 4.90 Å². The Morgan fingerprint density at radius 1 is 1.31 bits per heavy atom. The highest BCUT2D eigenvalue weighted by Crippen LogP contribution is 2.38. The maximum absolute atomic E-state index is 13.1.